The Morgan fingerprint density at radius 1 is 1.33 bits per heavy atom. The average Bonchev–Trinajstić information content (AvgIpc) is 3.00. The highest BCUT2D eigenvalue weighted by Crippen LogP contribution is 2.24. The normalized spacial score (nSPS) is 15.2. The molecule has 0 atom stereocenters. The summed E-state index contributed by atoms with van der Waals surface area (Å²) >= 11 is 5.15. The molecule has 3 heterocycles. The number of thiophene rings is 1. The molecule has 2 aromatic rings. The predicted octanol–water partition coefficient (Wildman–Crippen LogP) is 2.85. The fourth-order valence-corrected chi connectivity index (χ4v) is 4.04. The Morgan fingerprint density at radius 3 is 2.75 bits per heavy atom. The highest BCUT2D eigenvalue weighted by Gasteiger charge is 2.18. The summed E-state index contributed by atoms with van der Waals surface area (Å²) < 4.78 is 6.40. The Labute approximate surface area is 153 Å². The first-order valence-corrected chi connectivity index (χ1v) is 9.40. The van der Waals surface area contributed by atoms with E-state index < -0.39 is 0 Å². The minimum absolute atomic E-state index is 0.160. The van der Waals surface area contributed by atoms with Gasteiger partial charge in [0, 0.05) is 31.2 Å². The van der Waals surface area contributed by atoms with E-state index in [1.54, 1.807) is 17.4 Å². The van der Waals surface area contributed by atoms with Gasteiger partial charge in [0.2, 0.25) is 0 Å². The van der Waals surface area contributed by atoms with Gasteiger partial charge in [-0.1, -0.05) is 0 Å². The number of anilines is 1. The number of carbonyl (C=O) groups excluding carboxylic acids is 1. The third-order valence-electron chi connectivity index (χ3n) is 3.85. The van der Waals surface area contributed by atoms with Gasteiger partial charge in [0.1, 0.15) is 0 Å². The molecule has 0 spiro atoms. The summed E-state index contributed by atoms with van der Waals surface area (Å²) in [6.45, 7) is 2.14. The van der Waals surface area contributed by atoms with Crippen LogP contribution in [0, 0.1) is 0 Å². The summed E-state index contributed by atoms with van der Waals surface area (Å²) in [4.78, 5) is 15.5. The summed E-state index contributed by atoms with van der Waals surface area (Å²) in [6, 6.07) is 7.82. The Hall–Kier alpha value is -1.51. The van der Waals surface area contributed by atoms with E-state index in [1.165, 1.54) is 4.88 Å². The number of hydrogen-bond donors (Lipinski definition) is 1. The minimum atomic E-state index is -0.175. The largest absolute Gasteiger partial charge is 0.381 e. The van der Waals surface area contributed by atoms with E-state index >= 15 is 0 Å². The molecule has 0 radical (unpaired) electrons. The van der Waals surface area contributed by atoms with Gasteiger partial charge in [-0.15, -0.1) is 21.5 Å². The number of carbonyl (C=O) groups is 1. The topological polar surface area (TPSA) is 67.4 Å². The second-order valence-electron chi connectivity index (χ2n) is 5.70. The number of hydrogen-bond acceptors (Lipinski definition) is 6. The van der Waals surface area contributed by atoms with E-state index in [9.17, 15) is 4.79 Å². The Bertz CT molecular complexity index is 686. The van der Waals surface area contributed by atoms with E-state index in [2.05, 4.69) is 37.5 Å². The molecule has 1 fully saturated rings. The molecule has 3 rings (SSSR count). The van der Waals surface area contributed by atoms with Gasteiger partial charge in [-0.05, 0) is 53.0 Å². The Morgan fingerprint density at radius 2 is 2.12 bits per heavy atom. The van der Waals surface area contributed by atoms with Crippen LogP contribution >= 0.6 is 27.3 Å². The van der Waals surface area contributed by atoms with Crippen molar-refractivity contribution in [3.8, 4) is 0 Å². The van der Waals surface area contributed by atoms with Crippen molar-refractivity contribution < 1.29 is 9.53 Å². The first kappa shape index (κ1) is 17.3. The maximum absolute atomic E-state index is 12.2. The van der Waals surface area contributed by atoms with Crippen molar-refractivity contribution in [1.82, 2.24) is 15.5 Å². The SMILES string of the molecule is CN(Cc1ccc(Br)s1)c1ccc(C(=O)NC2CCOCC2)nn1. The molecule has 0 saturated carbocycles. The second kappa shape index (κ2) is 8.04. The standard InChI is InChI=1S/C16H19BrN4O2S/c1-21(10-12-2-4-14(17)24-12)15-5-3-13(19-20-15)16(22)18-11-6-8-23-9-7-11/h2-5,11H,6-10H2,1H3,(H,18,22). The predicted molar refractivity (Wildman–Crippen MR) is 97.5 cm³/mol. The molecule has 6 nitrogen and oxygen atoms in total. The van der Waals surface area contributed by atoms with Crippen LogP contribution in [0.1, 0.15) is 28.2 Å². The number of nitrogens with one attached hydrogen (secondary N) is 1. The van der Waals surface area contributed by atoms with Gasteiger partial charge in [-0.25, -0.2) is 0 Å². The Balaban J connectivity index is 1.58. The molecule has 0 bridgehead atoms. The highest BCUT2D eigenvalue weighted by atomic mass is 79.9. The van der Waals surface area contributed by atoms with E-state index in [1.807, 2.05) is 24.1 Å². The van der Waals surface area contributed by atoms with Crippen LogP contribution in [0.5, 0.6) is 0 Å². The van der Waals surface area contributed by atoms with E-state index in [0.29, 0.717) is 18.9 Å². The van der Waals surface area contributed by atoms with Crippen molar-refractivity contribution in [2.45, 2.75) is 25.4 Å². The monoisotopic (exact) mass is 410 g/mol. The van der Waals surface area contributed by atoms with Gasteiger partial charge in [-0.3, -0.25) is 4.79 Å². The van der Waals surface area contributed by atoms with Crippen LogP contribution in [0.15, 0.2) is 28.1 Å². The summed E-state index contributed by atoms with van der Waals surface area (Å²) in [7, 11) is 1.96. The molecule has 1 aliphatic rings. The number of amides is 1. The van der Waals surface area contributed by atoms with Crippen LogP contribution in [-0.2, 0) is 11.3 Å². The molecular formula is C16H19BrN4O2S. The van der Waals surface area contributed by atoms with Gasteiger partial charge >= 0.3 is 0 Å². The number of rotatable bonds is 5. The molecule has 128 valence electrons. The minimum Gasteiger partial charge on any atom is -0.381 e. The van der Waals surface area contributed by atoms with Gasteiger partial charge in [-0.2, -0.15) is 0 Å². The van der Waals surface area contributed by atoms with Gasteiger partial charge < -0.3 is 15.0 Å². The van der Waals surface area contributed by atoms with Crippen molar-refractivity contribution in [2.24, 2.45) is 0 Å². The summed E-state index contributed by atoms with van der Waals surface area (Å²) in [5, 5.41) is 11.2. The molecular weight excluding hydrogens is 392 g/mol. The van der Waals surface area contributed by atoms with Crippen molar-refractivity contribution in [2.75, 3.05) is 25.2 Å². The van der Waals surface area contributed by atoms with E-state index in [0.717, 1.165) is 29.0 Å². The number of nitrogens with zero attached hydrogens (tertiary/aromatic N) is 3. The lowest BCUT2D eigenvalue weighted by Crippen LogP contribution is -2.39. The zero-order chi connectivity index (χ0) is 16.9. The van der Waals surface area contributed by atoms with Crippen molar-refractivity contribution in [3.63, 3.8) is 0 Å². The van der Waals surface area contributed by atoms with Gasteiger partial charge in [0.15, 0.2) is 11.5 Å². The third-order valence-corrected chi connectivity index (χ3v) is 5.46. The average molecular weight is 411 g/mol. The Kier molecular flexibility index (Phi) is 5.80. The molecule has 0 aromatic carbocycles. The fourth-order valence-electron chi connectivity index (χ4n) is 2.50. The van der Waals surface area contributed by atoms with Crippen molar-refractivity contribution >= 4 is 39.0 Å². The maximum Gasteiger partial charge on any atom is 0.272 e. The summed E-state index contributed by atoms with van der Waals surface area (Å²) in [5.41, 5.74) is 0.345. The molecule has 8 heteroatoms. The van der Waals surface area contributed by atoms with E-state index in [4.69, 9.17) is 4.74 Å². The van der Waals surface area contributed by atoms with Crippen molar-refractivity contribution in [3.05, 3.63) is 38.6 Å². The molecule has 1 N–H and O–H groups in total. The first-order valence-electron chi connectivity index (χ1n) is 7.79. The molecule has 1 amide bonds. The third kappa shape index (κ3) is 4.52. The maximum atomic E-state index is 12.2. The molecule has 2 aromatic heterocycles. The van der Waals surface area contributed by atoms with Gasteiger partial charge in [0.05, 0.1) is 10.3 Å². The molecule has 24 heavy (non-hydrogen) atoms. The molecule has 0 aliphatic carbocycles. The number of aromatic nitrogens is 2. The van der Waals surface area contributed by atoms with Gasteiger partial charge in [0.25, 0.3) is 5.91 Å². The summed E-state index contributed by atoms with van der Waals surface area (Å²) in [6.07, 6.45) is 1.69. The summed E-state index contributed by atoms with van der Waals surface area (Å²) in [5.74, 6) is 0.563. The van der Waals surface area contributed by atoms with Crippen LogP contribution < -0.4 is 10.2 Å². The lowest BCUT2D eigenvalue weighted by molar-refractivity contribution is 0.0693. The van der Waals surface area contributed by atoms with Crippen LogP contribution in [0.4, 0.5) is 5.82 Å². The van der Waals surface area contributed by atoms with Crippen LogP contribution in [0.2, 0.25) is 0 Å². The second-order valence-corrected chi connectivity index (χ2v) is 8.25. The van der Waals surface area contributed by atoms with Crippen LogP contribution in [0.3, 0.4) is 0 Å². The molecule has 1 aliphatic heterocycles. The molecule has 0 unspecified atom stereocenters. The highest BCUT2D eigenvalue weighted by molar-refractivity contribution is 9.11. The van der Waals surface area contributed by atoms with Crippen LogP contribution in [-0.4, -0.2) is 42.4 Å². The number of ether oxygens (including phenoxy) is 1. The van der Waals surface area contributed by atoms with E-state index in [-0.39, 0.29) is 11.9 Å². The smallest absolute Gasteiger partial charge is 0.272 e. The lowest BCUT2D eigenvalue weighted by atomic mass is 10.1. The lowest BCUT2D eigenvalue weighted by Gasteiger charge is -2.23. The quantitative estimate of drug-likeness (QED) is 0.820. The molecule has 1 saturated heterocycles. The van der Waals surface area contributed by atoms with Crippen LogP contribution in [0.25, 0.3) is 0 Å². The zero-order valence-corrected chi connectivity index (χ0v) is 15.8. The first-order chi connectivity index (χ1) is 11.6. The number of halogens is 1. The van der Waals surface area contributed by atoms with Crippen molar-refractivity contribution in [1.29, 1.82) is 0 Å². The fraction of sp³-hybridized carbons (Fsp3) is 0.438. The zero-order valence-electron chi connectivity index (χ0n) is 13.4.